The highest BCUT2D eigenvalue weighted by Crippen LogP contribution is 2.66. The molecule has 180 valence electrons. The predicted octanol–water partition coefficient (Wildman–Crippen LogP) is 1.41. The molecular formula is C14H19O14P3S. The highest BCUT2D eigenvalue weighted by Gasteiger charge is 2.47. The molecule has 32 heavy (non-hydrogen) atoms. The summed E-state index contributed by atoms with van der Waals surface area (Å²) < 4.78 is 57.3. The zero-order valence-electron chi connectivity index (χ0n) is 16.0. The number of benzene rings is 1. The van der Waals surface area contributed by atoms with E-state index in [9.17, 15) is 28.8 Å². The van der Waals surface area contributed by atoms with Crippen molar-refractivity contribution in [1.29, 1.82) is 0 Å². The summed E-state index contributed by atoms with van der Waals surface area (Å²) in [6.07, 6.45) is -5.59. The van der Waals surface area contributed by atoms with E-state index in [1.807, 2.05) is 11.4 Å². The summed E-state index contributed by atoms with van der Waals surface area (Å²) in [4.78, 5) is 35.8. The van der Waals surface area contributed by atoms with Crippen molar-refractivity contribution in [3.8, 4) is 5.75 Å². The summed E-state index contributed by atoms with van der Waals surface area (Å²) in [6.45, 7) is -0.901. The fraction of sp³-hybridized carbons (Fsp3) is 0.429. The van der Waals surface area contributed by atoms with E-state index < -0.39 is 54.5 Å². The minimum atomic E-state index is -5.68. The van der Waals surface area contributed by atoms with Crippen molar-refractivity contribution < 1.29 is 66.1 Å². The van der Waals surface area contributed by atoms with Gasteiger partial charge in [0.25, 0.3) is 0 Å². The molecule has 0 spiro atoms. The Labute approximate surface area is 184 Å². The number of ether oxygens (including phenoxy) is 2. The van der Waals surface area contributed by atoms with Gasteiger partial charge in [-0.2, -0.15) is 8.62 Å². The fourth-order valence-electron chi connectivity index (χ4n) is 3.02. The molecule has 1 aliphatic heterocycles. The molecule has 1 aliphatic rings. The minimum Gasteiger partial charge on any atom is -0.496 e. The number of aliphatic hydroxyl groups is 2. The van der Waals surface area contributed by atoms with Gasteiger partial charge < -0.3 is 39.3 Å². The molecule has 0 radical (unpaired) electrons. The molecule has 2 aromatic rings. The first-order valence-electron chi connectivity index (χ1n) is 8.56. The van der Waals surface area contributed by atoms with Crippen molar-refractivity contribution in [2.75, 3.05) is 13.7 Å². The number of rotatable bonds is 9. The molecule has 1 fully saturated rings. The molecule has 0 bridgehead atoms. The third-order valence-electron chi connectivity index (χ3n) is 4.29. The van der Waals surface area contributed by atoms with E-state index in [1.54, 1.807) is 12.1 Å². The van der Waals surface area contributed by atoms with Crippen molar-refractivity contribution in [2.45, 2.75) is 24.4 Å². The van der Waals surface area contributed by atoms with Crippen LogP contribution < -0.4 is 4.74 Å². The second-order valence-electron chi connectivity index (χ2n) is 6.52. The summed E-state index contributed by atoms with van der Waals surface area (Å²) in [7, 11) is -15.2. The molecule has 14 nitrogen and oxygen atoms in total. The largest absolute Gasteiger partial charge is 0.496 e. The number of phosphoric ester groups is 1. The van der Waals surface area contributed by atoms with Crippen LogP contribution in [-0.4, -0.2) is 61.8 Å². The molecule has 1 aromatic carbocycles. The monoisotopic (exact) mass is 536 g/mol. The summed E-state index contributed by atoms with van der Waals surface area (Å²) in [5.41, 5.74) is 0.398. The maximum Gasteiger partial charge on any atom is 0.490 e. The summed E-state index contributed by atoms with van der Waals surface area (Å²) in [6, 6.07) is 5.27. The highest BCUT2D eigenvalue weighted by atomic mass is 32.1. The van der Waals surface area contributed by atoms with Crippen LogP contribution in [0.2, 0.25) is 0 Å². The third-order valence-corrected chi connectivity index (χ3v) is 8.97. The first kappa shape index (κ1) is 25.9. The Kier molecular flexibility index (Phi) is 7.68. The average molecular weight is 536 g/mol. The van der Waals surface area contributed by atoms with Gasteiger partial charge in [0, 0.05) is 10.3 Å². The van der Waals surface area contributed by atoms with Gasteiger partial charge in [-0.3, -0.25) is 4.52 Å². The van der Waals surface area contributed by atoms with Crippen LogP contribution in [0.4, 0.5) is 0 Å². The standard InChI is InChI=1S/C14H19O14P3S/c1-24-9-4-7-2-3-32-11(7)5-8(9)14-13(16)12(15)10(26-14)6-25-30(20,21)28-31(22,23)27-29(17,18)19/h2-5,10,12-16H,6H2,1H3,(H,20,21)(H,22,23)(H2,17,18,19)/t10-,12+,13?,14+/m1/s1. The van der Waals surface area contributed by atoms with Gasteiger partial charge >= 0.3 is 23.5 Å². The Balaban J connectivity index is 1.71. The number of phosphoric acid groups is 3. The van der Waals surface area contributed by atoms with Gasteiger partial charge in [-0.25, -0.2) is 13.7 Å². The number of hydrogen-bond acceptors (Lipinski definition) is 11. The van der Waals surface area contributed by atoms with Crippen LogP contribution in [0.1, 0.15) is 11.7 Å². The summed E-state index contributed by atoms with van der Waals surface area (Å²) in [5.74, 6) is 0.362. The Morgan fingerprint density at radius 2 is 1.72 bits per heavy atom. The quantitative estimate of drug-likeness (QED) is 0.250. The molecule has 3 unspecified atom stereocenters. The van der Waals surface area contributed by atoms with E-state index in [2.05, 4.69) is 13.1 Å². The second-order valence-corrected chi connectivity index (χ2v) is 11.9. The number of methoxy groups -OCH3 is 1. The maximum absolute atomic E-state index is 11.9. The first-order chi connectivity index (χ1) is 14.7. The van der Waals surface area contributed by atoms with E-state index in [4.69, 9.17) is 24.2 Å². The van der Waals surface area contributed by atoms with Crippen LogP contribution in [0.25, 0.3) is 10.1 Å². The molecule has 0 aliphatic carbocycles. The van der Waals surface area contributed by atoms with Crippen molar-refractivity contribution in [3.63, 3.8) is 0 Å². The van der Waals surface area contributed by atoms with Crippen molar-refractivity contribution in [3.05, 3.63) is 29.1 Å². The number of fused-ring (bicyclic) bond motifs is 1. The zero-order chi connectivity index (χ0) is 23.9. The lowest BCUT2D eigenvalue weighted by molar-refractivity contribution is -0.0227. The van der Waals surface area contributed by atoms with Crippen molar-refractivity contribution in [1.82, 2.24) is 0 Å². The van der Waals surface area contributed by atoms with Gasteiger partial charge in [0.1, 0.15) is 30.2 Å². The molecule has 6 N–H and O–H groups in total. The molecular weight excluding hydrogens is 517 g/mol. The van der Waals surface area contributed by atoms with Gasteiger partial charge in [-0.1, -0.05) is 0 Å². The van der Waals surface area contributed by atoms with Gasteiger partial charge in [0.05, 0.1) is 13.7 Å². The first-order valence-corrected chi connectivity index (χ1v) is 14.0. The topological polar surface area (TPSA) is 219 Å². The van der Waals surface area contributed by atoms with E-state index in [0.717, 1.165) is 10.1 Å². The SMILES string of the molecule is COc1cc2ccsc2cc1[C@@H]1O[C@H](COP(=O)(O)OP(=O)(O)OP(=O)(O)O)[C@H](O)C1O. The van der Waals surface area contributed by atoms with Gasteiger partial charge in [-0.05, 0) is 29.0 Å². The Morgan fingerprint density at radius 3 is 2.34 bits per heavy atom. The number of thiophene rings is 1. The van der Waals surface area contributed by atoms with Gasteiger partial charge in [-0.15, -0.1) is 11.3 Å². The predicted molar refractivity (Wildman–Crippen MR) is 108 cm³/mol. The Morgan fingerprint density at radius 1 is 1.03 bits per heavy atom. The summed E-state index contributed by atoms with van der Waals surface area (Å²) >= 11 is 1.42. The van der Waals surface area contributed by atoms with Gasteiger partial charge in [0.15, 0.2) is 0 Å². The normalized spacial score (nSPS) is 27.8. The Hall–Kier alpha value is -0.730. The lowest BCUT2D eigenvalue weighted by Gasteiger charge is -2.19. The highest BCUT2D eigenvalue weighted by molar-refractivity contribution is 7.66. The van der Waals surface area contributed by atoms with Crippen molar-refractivity contribution >= 4 is 44.9 Å². The lowest BCUT2D eigenvalue weighted by Crippen LogP contribution is -2.33. The summed E-state index contributed by atoms with van der Waals surface area (Å²) in [5, 5.41) is 23.4. The third kappa shape index (κ3) is 6.23. The lowest BCUT2D eigenvalue weighted by atomic mass is 10.00. The number of hydrogen-bond donors (Lipinski definition) is 6. The molecule has 0 saturated carbocycles. The smallest absolute Gasteiger partial charge is 0.490 e. The van der Waals surface area contributed by atoms with Crippen LogP contribution >= 0.6 is 34.8 Å². The zero-order valence-corrected chi connectivity index (χ0v) is 19.5. The second kappa shape index (κ2) is 9.49. The molecule has 1 saturated heterocycles. The van der Waals surface area contributed by atoms with E-state index in [1.165, 1.54) is 18.4 Å². The van der Waals surface area contributed by atoms with E-state index in [0.29, 0.717) is 11.3 Å². The molecule has 2 heterocycles. The molecule has 0 amide bonds. The molecule has 1 aromatic heterocycles. The van der Waals surface area contributed by atoms with Crippen LogP contribution in [0.5, 0.6) is 5.75 Å². The minimum absolute atomic E-state index is 0.362. The van der Waals surface area contributed by atoms with Crippen LogP contribution in [-0.2, 0) is 31.6 Å². The Bertz CT molecular complexity index is 1110. The maximum atomic E-state index is 11.9. The van der Waals surface area contributed by atoms with Crippen molar-refractivity contribution in [2.24, 2.45) is 0 Å². The molecule has 3 rings (SSSR count). The number of aliphatic hydroxyl groups excluding tert-OH is 2. The molecule has 18 heteroatoms. The van der Waals surface area contributed by atoms with Gasteiger partial charge in [0.2, 0.25) is 0 Å². The fourth-order valence-corrected chi connectivity index (χ4v) is 6.87. The van der Waals surface area contributed by atoms with E-state index in [-0.39, 0.29) is 0 Å². The van der Waals surface area contributed by atoms with Crippen LogP contribution in [0.15, 0.2) is 23.6 Å². The average Bonchev–Trinajstić information content (AvgIpc) is 3.20. The van der Waals surface area contributed by atoms with Crippen LogP contribution in [0, 0.1) is 0 Å². The van der Waals surface area contributed by atoms with E-state index >= 15 is 0 Å². The molecule has 6 atom stereocenters. The van der Waals surface area contributed by atoms with Crippen LogP contribution in [0.3, 0.4) is 0 Å².